The molecule has 0 aromatic heterocycles. The van der Waals surface area contributed by atoms with Gasteiger partial charge in [0, 0.05) is 6.04 Å². The summed E-state index contributed by atoms with van der Waals surface area (Å²) in [5.74, 6) is -0.134. The molecular weight excluding hydrogens is 242 g/mol. The minimum absolute atomic E-state index is 0.0951. The molecule has 19 heavy (non-hydrogen) atoms. The first-order chi connectivity index (χ1) is 8.68. The van der Waals surface area contributed by atoms with Crippen molar-refractivity contribution in [3.8, 4) is 0 Å². The summed E-state index contributed by atoms with van der Waals surface area (Å²) < 4.78 is 0. The monoisotopic (exact) mass is 267 g/mol. The molecule has 2 aliphatic carbocycles. The van der Waals surface area contributed by atoms with E-state index in [0.717, 1.165) is 12.8 Å². The van der Waals surface area contributed by atoms with E-state index in [-0.39, 0.29) is 29.2 Å². The molecule has 2 saturated carbocycles. The van der Waals surface area contributed by atoms with Crippen LogP contribution in [0.1, 0.15) is 46.5 Å². The van der Waals surface area contributed by atoms with Crippen molar-refractivity contribution in [2.24, 2.45) is 28.2 Å². The maximum Gasteiger partial charge on any atom is 0.237 e. The summed E-state index contributed by atoms with van der Waals surface area (Å²) in [5, 5.41) is 3.04. The highest BCUT2D eigenvalue weighted by Crippen LogP contribution is 2.65. The number of carbonyl (C=O) groups excluding carboxylic acids is 2. The Balaban J connectivity index is 2.02. The highest BCUT2D eigenvalue weighted by Gasteiger charge is 2.61. The number of fused-ring (bicyclic) bond motifs is 2. The van der Waals surface area contributed by atoms with E-state index in [1.807, 2.05) is 0 Å². The fourth-order valence-electron chi connectivity index (χ4n) is 4.01. The van der Waals surface area contributed by atoms with E-state index in [0.29, 0.717) is 5.92 Å². The van der Waals surface area contributed by atoms with Gasteiger partial charge in [0.1, 0.15) is 0 Å². The van der Waals surface area contributed by atoms with E-state index in [4.69, 9.17) is 11.5 Å². The van der Waals surface area contributed by atoms with Crippen LogP contribution in [0.2, 0.25) is 0 Å². The van der Waals surface area contributed by atoms with Gasteiger partial charge in [0.25, 0.3) is 0 Å². The number of nitrogens with two attached hydrogens (primary N) is 2. The summed E-state index contributed by atoms with van der Waals surface area (Å²) in [4.78, 5) is 22.8. The van der Waals surface area contributed by atoms with E-state index in [1.165, 1.54) is 6.42 Å². The SMILES string of the molecule is CC1(C)C2CCC1(C)C(NC(=O)C(N)CC(N)=O)C2. The number of rotatable bonds is 4. The van der Waals surface area contributed by atoms with Crippen molar-refractivity contribution in [1.29, 1.82) is 0 Å². The Morgan fingerprint density at radius 2 is 2.00 bits per heavy atom. The average molecular weight is 267 g/mol. The molecule has 0 aromatic carbocycles. The number of carbonyl (C=O) groups is 2. The van der Waals surface area contributed by atoms with Crippen LogP contribution in [0, 0.1) is 16.7 Å². The molecule has 5 heteroatoms. The molecule has 0 spiro atoms. The van der Waals surface area contributed by atoms with Crippen LogP contribution in [-0.2, 0) is 9.59 Å². The largest absolute Gasteiger partial charge is 0.370 e. The zero-order valence-corrected chi connectivity index (χ0v) is 12.0. The fraction of sp³-hybridized carbons (Fsp3) is 0.857. The van der Waals surface area contributed by atoms with Crippen molar-refractivity contribution in [3.05, 3.63) is 0 Å². The second kappa shape index (κ2) is 4.47. The van der Waals surface area contributed by atoms with Crippen LogP contribution in [0.15, 0.2) is 0 Å². The Labute approximate surface area is 114 Å². The van der Waals surface area contributed by atoms with Crippen LogP contribution in [0.5, 0.6) is 0 Å². The van der Waals surface area contributed by atoms with Crippen molar-refractivity contribution in [2.45, 2.75) is 58.5 Å². The van der Waals surface area contributed by atoms with E-state index in [2.05, 4.69) is 26.1 Å². The Morgan fingerprint density at radius 1 is 1.37 bits per heavy atom. The normalized spacial score (nSPS) is 37.1. The van der Waals surface area contributed by atoms with E-state index in [1.54, 1.807) is 0 Å². The van der Waals surface area contributed by atoms with Gasteiger partial charge in [-0.05, 0) is 36.0 Å². The van der Waals surface area contributed by atoms with E-state index >= 15 is 0 Å². The molecule has 2 bridgehead atoms. The second-order valence-corrected chi connectivity index (χ2v) is 6.95. The van der Waals surface area contributed by atoms with Crippen molar-refractivity contribution in [3.63, 3.8) is 0 Å². The number of amides is 2. The van der Waals surface area contributed by atoms with Gasteiger partial charge in [-0.25, -0.2) is 0 Å². The molecule has 0 aliphatic heterocycles. The average Bonchev–Trinajstić information content (AvgIpc) is 2.61. The van der Waals surface area contributed by atoms with Crippen LogP contribution in [0.3, 0.4) is 0 Å². The Kier molecular flexibility index (Phi) is 3.37. The van der Waals surface area contributed by atoms with E-state index < -0.39 is 11.9 Å². The topological polar surface area (TPSA) is 98.2 Å². The first-order valence-corrected chi connectivity index (χ1v) is 7.03. The van der Waals surface area contributed by atoms with Gasteiger partial charge in [0.15, 0.2) is 0 Å². The molecule has 108 valence electrons. The van der Waals surface area contributed by atoms with Gasteiger partial charge in [0.2, 0.25) is 11.8 Å². The van der Waals surface area contributed by atoms with Crippen LogP contribution in [0.4, 0.5) is 0 Å². The molecule has 0 saturated heterocycles. The van der Waals surface area contributed by atoms with Gasteiger partial charge in [-0.1, -0.05) is 20.8 Å². The third-order valence-electron chi connectivity index (χ3n) is 5.87. The number of hydrogen-bond acceptors (Lipinski definition) is 3. The third kappa shape index (κ3) is 2.14. The quantitative estimate of drug-likeness (QED) is 0.692. The first kappa shape index (κ1) is 14.3. The fourth-order valence-corrected chi connectivity index (χ4v) is 4.01. The summed E-state index contributed by atoms with van der Waals surface area (Å²) >= 11 is 0. The van der Waals surface area contributed by atoms with Gasteiger partial charge in [-0.15, -0.1) is 0 Å². The lowest BCUT2D eigenvalue weighted by Crippen LogP contribution is -2.52. The van der Waals surface area contributed by atoms with Crippen molar-refractivity contribution >= 4 is 11.8 Å². The molecule has 0 radical (unpaired) electrons. The maximum absolute atomic E-state index is 12.0. The summed E-state index contributed by atoms with van der Waals surface area (Å²) in [6.07, 6.45) is 3.30. The molecule has 2 rings (SSSR count). The highest BCUT2D eigenvalue weighted by molar-refractivity contribution is 5.87. The van der Waals surface area contributed by atoms with Gasteiger partial charge < -0.3 is 16.8 Å². The molecule has 2 aliphatic rings. The molecule has 2 fully saturated rings. The Bertz CT molecular complexity index is 407. The van der Waals surface area contributed by atoms with Gasteiger partial charge in [-0.2, -0.15) is 0 Å². The zero-order chi connectivity index (χ0) is 14.4. The van der Waals surface area contributed by atoms with Crippen LogP contribution in [0.25, 0.3) is 0 Å². The lowest BCUT2D eigenvalue weighted by molar-refractivity contribution is -0.127. The molecule has 4 atom stereocenters. The minimum atomic E-state index is -0.830. The highest BCUT2D eigenvalue weighted by atomic mass is 16.2. The number of nitrogens with one attached hydrogen (secondary N) is 1. The van der Waals surface area contributed by atoms with Gasteiger partial charge in [-0.3, -0.25) is 9.59 Å². The standard InChI is InChI=1S/C14H25N3O2/c1-13(2)8-4-5-14(13,3)10(6-8)17-12(19)9(15)7-11(16)18/h8-10H,4-7,15H2,1-3H3,(H2,16,18)(H,17,19). The molecule has 0 aromatic rings. The molecule has 5 N–H and O–H groups in total. The smallest absolute Gasteiger partial charge is 0.237 e. The second-order valence-electron chi connectivity index (χ2n) is 6.95. The number of primary amides is 1. The van der Waals surface area contributed by atoms with Crippen molar-refractivity contribution < 1.29 is 9.59 Å². The predicted octanol–water partition coefficient (Wildman–Crippen LogP) is 0.520. The molecule has 0 heterocycles. The molecule has 5 nitrogen and oxygen atoms in total. The molecule has 4 unspecified atom stereocenters. The Hall–Kier alpha value is -1.10. The lowest BCUT2D eigenvalue weighted by atomic mass is 9.69. The molecular formula is C14H25N3O2. The van der Waals surface area contributed by atoms with Crippen LogP contribution < -0.4 is 16.8 Å². The summed E-state index contributed by atoms with van der Waals surface area (Å²) in [5.41, 5.74) is 11.1. The summed E-state index contributed by atoms with van der Waals surface area (Å²) in [6.45, 7) is 6.84. The maximum atomic E-state index is 12.0. The van der Waals surface area contributed by atoms with Gasteiger partial charge in [0.05, 0.1) is 12.5 Å². The zero-order valence-electron chi connectivity index (χ0n) is 12.0. The molecule has 2 amide bonds. The Morgan fingerprint density at radius 3 is 2.42 bits per heavy atom. The lowest BCUT2D eigenvalue weighted by Gasteiger charge is -2.39. The minimum Gasteiger partial charge on any atom is -0.370 e. The van der Waals surface area contributed by atoms with Crippen LogP contribution in [-0.4, -0.2) is 23.9 Å². The van der Waals surface area contributed by atoms with Crippen molar-refractivity contribution in [2.75, 3.05) is 0 Å². The van der Waals surface area contributed by atoms with E-state index in [9.17, 15) is 9.59 Å². The van der Waals surface area contributed by atoms with Crippen LogP contribution >= 0.6 is 0 Å². The predicted molar refractivity (Wildman–Crippen MR) is 72.9 cm³/mol. The van der Waals surface area contributed by atoms with Gasteiger partial charge >= 0.3 is 0 Å². The first-order valence-electron chi connectivity index (χ1n) is 7.03. The van der Waals surface area contributed by atoms with Crippen molar-refractivity contribution in [1.82, 2.24) is 5.32 Å². The summed E-state index contributed by atoms with van der Waals surface area (Å²) in [6, 6.07) is -0.670. The summed E-state index contributed by atoms with van der Waals surface area (Å²) in [7, 11) is 0. The third-order valence-corrected chi connectivity index (χ3v) is 5.87. The number of hydrogen-bond donors (Lipinski definition) is 3.